The molecule has 56 heavy (non-hydrogen) atoms. The van der Waals surface area contributed by atoms with Crippen molar-refractivity contribution in [3.05, 3.63) is 35.9 Å². The van der Waals surface area contributed by atoms with Gasteiger partial charge in [0.25, 0.3) is 5.91 Å². The van der Waals surface area contributed by atoms with Crippen LogP contribution in [0.4, 0.5) is 4.79 Å². The lowest BCUT2D eigenvalue weighted by Crippen LogP contribution is -2.59. The number of piperidine rings is 1. The zero-order chi connectivity index (χ0) is 41.1. The number of fused-ring (bicyclic) bond motifs is 1. The maximum Gasteiger partial charge on any atom is 0.407 e. The number of rotatable bonds is 18. The number of carbonyl (C=O) groups is 8. The first kappa shape index (κ1) is 43.7. The Morgan fingerprint density at radius 3 is 2.18 bits per heavy atom. The van der Waals surface area contributed by atoms with Crippen molar-refractivity contribution < 1.29 is 47.8 Å². The lowest BCUT2D eigenvalue weighted by atomic mass is 9.83. The summed E-state index contributed by atoms with van der Waals surface area (Å²) in [5.74, 6) is -6.61. The van der Waals surface area contributed by atoms with Crippen LogP contribution in [-0.2, 0) is 43.0 Å². The first-order chi connectivity index (χ1) is 26.7. The minimum absolute atomic E-state index is 0.0687. The second-order valence-corrected chi connectivity index (χ2v) is 15.5. The molecule has 3 unspecified atom stereocenters. The van der Waals surface area contributed by atoms with Gasteiger partial charge in [-0.1, -0.05) is 76.8 Å². The Morgan fingerprint density at radius 2 is 1.57 bits per heavy atom. The SMILES string of the molecule is CCCC(NC(=O)[C@@H]1[C@@H]2C(CN1C(=O)[C@@H](NC(=O)OCC(C)C)C1CCCCC1)C2C(=O)OCC)C(=O)C(=O)NCC(=O)N[C@H](C(=O)N(C)C)c1ccccc1. The monoisotopic (exact) mass is 782 g/mol. The molecule has 0 radical (unpaired) electrons. The summed E-state index contributed by atoms with van der Waals surface area (Å²) in [6.07, 6.45) is 3.89. The van der Waals surface area contributed by atoms with Crippen LogP contribution in [-0.4, -0.2) is 116 Å². The highest BCUT2D eigenvalue weighted by Gasteiger charge is 2.68. The second-order valence-electron chi connectivity index (χ2n) is 15.5. The molecule has 4 N–H and O–H groups in total. The van der Waals surface area contributed by atoms with Crippen LogP contribution in [0.1, 0.15) is 84.2 Å². The third-order valence-electron chi connectivity index (χ3n) is 10.6. The van der Waals surface area contributed by atoms with Gasteiger partial charge in [0.2, 0.25) is 29.4 Å². The molecule has 2 aliphatic carbocycles. The molecule has 16 heteroatoms. The van der Waals surface area contributed by atoms with Crippen molar-refractivity contribution in [1.29, 1.82) is 0 Å². The Balaban J connectivity index is 1.49. The average Bonchev–Trinajstić information content (AvgIpc) is 3.75. The molecule has 1 aromatic carbocycles. The van der Waals surface area contributed by atoms with E-state index in [1.54, 1.807) is 58.3 Å². The van der Waals surface area contributed by atoms with Crippen LogP contribution in [0.5, 0.6) is 0 Å². The minimum Gasteiger partial charge on any atom is -0.466 e. The number of ether oxygens (including phenoxy) is 2. The van der Waals surface area contributed by atoms with E-state index in [4.69, 9.17) is 9.47 Å². The summed E-state index contributed by atoms with van der Waals surface area (Å²) < 4.78 is 10.6. The molecular formula is C40H58N6O10. The van der Waals surface area contributed by atoms with E-state index >= 15 is 0 Å². The van der Waals surface area contributed by atoms with Crippen molar-refractivity contribution in [2.45, 2.75) is 96.8 Å². The highest BCUT2D eigenvalue weighted by molar-refractivity contribution is 6.38. The highest BCUT2D eigenvalue weighted by atomic mass is 16.5. The fraction of sp³-hybridized carbons (Fsp3) is 0.650. The molecular weight excluding hydrogens is 724 g/mol. The van der Waals surface area contributed by atoms with Crippen molar-refractivity contribution in [3.63, 3.8) is 0 Å². The smallest absolute Gasteiger partial charge is 0.407 e. The van der Waals surface area contributed by atoms with E-state index < -0.39 is 89.9 Å². The van der Waals surface area contributed by atoms with Gasteiger partial charge in [0, 0.05) is 26.6 Å². The predicted molar refractivity (Wildman–Crippen MR) is 203 cm³/mol. The number of hydrogen-bond acceptors (Lipinski definition) is 10. The van der Waals surface area contributed by atoms with Gasteiger partial charge in [0.1, 0.15) is 18.1 Å². The zero-order valence-corrected chi connectivity index (χ0v) is 33.3. The number of amides is 6. The standard InChI is InChI=1S/C40H58N6O10/c1-7-15-27(34(48)36(50)41-20-28(47)43-31(37(51)45(5)6)24-16-11-9-12-17-24)42-35(49)33-29-26(30(29)39(53)55-8-2)21-46(33)38(52)32(25-18-13-10-14-19-25)44-40(54)56-22-23(3)4/h9,11-12,16-17,23,25-27,29-33H,7-8,10,13-15,18-22H2,1-6H3,(H,41,50)(H,42,49)(H,43,47)(H,44,54)/t26?,27?,29-,30?,31+,32+,33+/m1/s1. The van der Waals surface area contributed by atoms with Crippen molar-refractivity contribution in [3.8, 4) is 0 Å². The van der Waals surface area contributed by atoms with Crippen LogP contribution in [0.25, 0.3) is 0 Å². The van der Waals surface area contributed by atoms with Crippen molar-refractivity contribution in [1.82, 2.24) is 31.1 Å². The highest BCUT2D eigenvalue weighted by Crippen LogP contribution is 2.56. The van der Waals surface area contributed by atoms with E-state index in [1.165, 1.54) is 9.80 Å². The van der Waals surface area contributed by atoms with Gasteiger partial charge in [-0.15, -0.1) is 0 Å². The van der Waals surface area contributed by atoms with Gasteiger partial charge < -0.3 is 40.5 Å². The number of esters is 1. The molecule has 16 nitrogen and oxygen atoms in total. The molecule has 3 aliphatic rings. The lowest BCUT2D eigenvalue weighted by molar-refractivity contribution is -0.149. The summed E-state index contributed by atoms with van der Waals surface area (Å²) >= 11 is 0. The minimum atomic E-state index is -1.31. The van der Waals surface area contributed by atoms with Crippen LogP contribution >= 0.6 is 0 Å². The number of nitrogens with zero attached hydrogens (tertiary/aromatic N) is 2. The number of hydrogen-bond donors (Lipinski definition) is 4. The van der Waals surface area contributed by atoms with Crippen LogP contribution < -0.4 is 21.3 Å². The Labute approximate surface area is 328 Å². The zero-order valence-electron chi connectivity index (χ0n) is 33.3. The van der Waals surface area contributed by atoms with Gasteiger partial charge in [-0.3, -0.25) is 33.6 Å². The summed E-state index contributed by atoms with van der Waals surface area (Å²) in [6, 6.07) is 4.09. The predicted octanol–water partition coefficient (Wildman–Crippen LogP) is 1.87. The number of ketones is 1. The molecule has 308 valence electrons. The molecule has 1 heterocycles. The summed E-state index contributed by atoms with van der Waals surface area (Å²) in [7, 11) is 3.09. The Morgan fingerprint density at radius 1 is 0.893 bits per heavy atom. The summed E-state index contributed by atoms with van der Waals surface area (Å²) in [4.78, 5) is 110. The third kappa shape index (κ3) is 11.1. The van der Waals surface area contributed by atoms with Crippen LogP contribution in [0, 0.1) is 29.6 Å². The first-order valence-corrected chi connectivity index (χ1v) is 19.8. The molecule has 1 saturated heterocycles. The van der Waals surface area contributed by atoms with Gasteiger partial charge >= 0.3 is 12.1 Å². The van der Waals surface area contributed by atoms with E-state index in [9.17, 15) is 38.4 Å². The van der Waals surface area contributed by atoms with E-state index in [0.717, 1.165) is 19.3 Å². The van der Waals surface area contributed by atoms with Crippen LogP contribution in [0.3, 0.4) is 0 Å². The largest absolute Gasteiger partial charge is 0.466 e. The molecule has 3 fully saturated rings. The van der Waals surface area contributed by atoms with Crippen molar-refractivity contribution in [2.75, 3.05) is 40.4 Å². The fourth-order valence-electron chi connectivity index (χ4n) is 7.79. The molecule has 1 aromatic rings. The first-order valence-electron chi connectivity index (χ1n) is 19.8. The van der Waals surface area contributed by atoms with Gasteiger partial charge in [-0.25, -0.2) is 4.79 Å². The number of carbonyl (C=O) groups excluding carboxylic acids is 8. The maximum atomic E-state index is 14.4. The maximum absolute atomic E-state index is 14.4. The average molecular weight is 783 g/mol. The number of likely N-dealkylation sites (N-methyl/N-ethyl adjacent to an activating group) is 1. The van der Waals surface area contributed by atoms with E-state index in [1.807, 2.05) is 13.8 Å². The quantitative estimate of drug-likeness (QED) is 0.126. The molecule has 4 rings (SSSR count). The third-order valence-corrected chi connectivity index (χ3v) is 10.6. The van der Waals surface area contributed by atoms with Gasteiger partial charge in [-0.05, 0) is 49.5 Å². The molecule has 0 bridgehead atoms. The summed E-state index contributed by atoms with van der Waals surface area (Å²) in [6.45, 7) is 6.98. The van der Waals surface area contributed by atoms with Crippen LogP contribution in [0.2, 0.25) is 0 Å². The lowest BCUT2D eigenvalue weighted by Gasteiger charge is -2.36. The number of alkyl carbamates (subject to hydrolysis) is 1. The van der Waals surface area contributed by atoms with Crippen LogP contribution in [0.15, 0.2) is 30.3 Å². The second kappa shape index (κ2) is 20.2. The molecule has 0 aromatic heterocycles. The van der Waals surface area contributed by atoms with Crippen molar-refractivity contribution in [2.24, 2.45) is 29.6 Å². The number of Topliss-reactive ketones (excluding diaryl/α,β-unsaturated/α-hetero) is 1. The summed E-state index contributed by atoms with van der Waals surface area (Å²) in [5.41, 5.74) is 0.530. The molecule has 6 amide bonds. The van der Waals surface area contributed by atoms with E-state index in [0.29, 0.717) is 24.8 Å². The number of nitrogens with one attached hydrogen (secondary N) is 4. The van der Waals surface area contributed by atoms with E-state index in [2.05, 4.69) is 21.3 Å². The Hall–Kier alpha value is -5.02. The Kier molecular flexibility index (Phi) is 15.8. The topological polar surface area (TPSA) is 210 Å². The van der Waals surface area contributed by atoms with E-state index in [-0.39, 0.29) is 43.9 Å². The Bertz CT molecular complexity index is 1600. The normalized spacial score (nSPS) is 21.7. The molecule has 7 atom stereocenters. The molecule has 2 saturated carbocycles. The summed E-state index contributed by atoms with van der Waals surface area (Å²) in [5, 5.41) is 10.4. The number of likely N-dealkylation sites (tertiary alicyclic amines) is 1. The molecule has 0 spiro atoms. The van der Waals surface area contributed by atoms with Crippen molar-refractivity contribution >= 4 is 47.4 Å². The van der Waals surface area contributed by atoms with Gasteiger partial charge in [0.05, 0.1) is 31.7 Å². The number of benzene rings is 1. The van der Waals surface area contributed by atoms with Gasteiger partial charge in [-0.2, -0.15) is 0 Å². The van der Waals surface area contributed by atoms with Gasteiger partial charge in [0.15, 0.2) is 0 Å². The fourth-order valence-corrected chi connectivity index (χ4v) is 7.79. The molecule has 1 aliphatic heterocycles.